The van der Waals surface area contributed by atoms with Gasteiger partial charge in [-0.05, 0) is 52.7 Å². The number of rotatable bonds is 4. The van der Waals surface area contributed by atoms with Crippen molar-refractivity contribution in [1.29, 1.82) is 0 Å². The Hall–Kier alpha value is -0.610. The lowest BCUT2D eigenvalue weighted by Crippen LogP contribution is -2.34. The third-order valence-corrected chi connectivity index (χ3v) is 2.28. The molecule has 0 radical (unpaired) electrons. The van der Waals surface area contributed by atoms with Crippen LogP contribution in [-0.4, -0.2) is 37.7 Å². The van der Waals surface area contributed by atoms with Crippen molar-refractivity contribution in [2.75, 3.05) is 26.2 Å². The fraction of sp³-hybridized carbons (Fsp3) is 0.909. The van der Waals surface area contributed by atoms with Crippen LogP contribution in [0.4, 0.5) is 0 Å². The predicted molar refractivity (Wildman–Crippen MR) is 59.7 cm³/mol. The van der Waals surface area contributed by atoms with Gasteiger partial charge in [0.15, 0.2) is 0 Å². The summed E-state index contributed by atoms with van der Waals surface area (Å²) in [6, 6.07) is 0. The van der Waals surface area contributed by atoms with Crippen molar-refractivity contribution < 1.29 is 9.53 Å². The Morgan fingerprint density at radius 1 is 1.53 bits per heavy atom. The highest BCUT2D eigenvalue weighted by molar-refractivity contribution is 5.72. The molecule has 1 aliphatic heterocycles. The van der Waals surface area contributed by atoms with Gasteiger partial charge in [0.1, 0.15) is 5.60 Å². The first-order valence-corrected chi connectivity index (χ1v) is 5.60. The third-order valence-electron chi connectivity index (χ3n) is 2.28. The molecule has 0 saturated carbocycles. The minimum absolute atomic E-state index is 0.173. The monoisotopic (exact) mass is 214 g/mol. The highest BCUT2D eigenvalue weighted by atomic mass is 16.6. The van der Waals surface area contributed by atoms with Gasteiger partial charge in [0.25, 0.3) is 0 Å². The van der Waals surface area contributed by atoms with Gasteiger partial charge in [-0.3, -0.25) is 4.79 Å². The van der Waals surface area contributed by atoms with E-state index < -0.39 is 0 Å². The quantitative estimate of drug-likeness (QED) is 0.670. The van der Waals surface area contributed by atoms with Crippen LogP contribution in [0.1, 0.15) is 27.2 Å². The fourth-order valence-corrected chi connectivity index (χ4v) is 1.64. The van der Waals surface area contributed by atoms with E-state index in [1.165, 1.54) is 6.42 Å². The highest BCUT2D eigenvalue weighted by Gasteiger charge is 2.17. The van der Waals surface area contributed by atoms with Crippen molar-refractivity contribution in [2.24, 2.45) is 5.92 Å². The minimum Gasteiger partial charge on any atom is -0.459 e. The SMILES string of the molecule is CC(C)(C)OC(=O)CNCC1CCNC1. The number of carbonyl (C=O) groups excluding carboxylic acids is 1. The van der Waals surface area contributed by atoms with Crippen LogP contribution in [0.3, 0.4) is 0 Å². The molecule has 15 heavy (non-hydrogen) atoms. The molecule has 4 nitrogen and oxygen atoms in total. The van der Waals surface area contributed by atoms with Gasteiger partial charge in [0.05, 0.1) is 6.54 Å². The summed E-state index contributed by atoms with van der Waals surface area (Å²) in [5.74, 6) is 0.487. The first-order valence-electron chi connectivity index (χ1n) is 5.60. The molecule has 0 spiro atoms. The maximum Gasteiger partial charge on any atom is 0.320 e. The van der Waals surface area contributed by atoms with Gasteiger partial charge < -0.3 is 15.4 Å². The molecule has 0 aromatic carbocycles. The molecule has 0 bridgehead atoms. The Morgan fingerprint density at radius 2 is 2.27 bits per heavy atom. The Kier molecular flexibility index (Phi) is 4.54. The van der Waals surface area contributed by atoms with E-state index in [-0.39, 0.29) is 11.6 Å². The van der Waals surface area contributed by atoms with E-state index in [9.17, 15) is 4.79 Å². The highest BCUT2D eigenvalue weighted by Crippen LogP contribution is 2.07. The van der Waals surface area contributed by atoms with Crippen molar-refractivity contribution in [3.05, 3.63) is 0 Å². The standard InChI is InChI=1S/C11H22N2O2/c1-11(2,3)15-10(14)8-13-7-9-4-5-12-6-9/h9,12-13H,4-8H2,1-3H3. The molecule has 0 aliphatic carbocycles. The lowest BCUT2D eigenvalue weighted by atomic mass is 10.1. The molecule has 1 aliphatic rings. The molecule has 0 aromatic heterocycles. The van der Waals surface area contributed by atoms with E-state index in [0.29, 0.717) is 12.5 Å². The smallest absolute Gasteiger partial charge is 0.320 e. The summed E-state index contributed by atoms with van der Waals surface area (Å²) in [5.41, 5.74) is -0.381. The van der Waals surface area contributed by atoms with Crippen molar-refractivity contribution in [3.63, 3.8) is 0 Å². The van der Waals surface area contributed by atoms with Gasteiger partial charge in [-0.2, -0.15) is 0 Å². The number of nitrogens with one attached hydrogen (secondary N) is 2. The number of esters is 1. The molecular weight excluding hydrogens is 192 g/mol. The Morgan fingerprint density at radius 3 is 2.80 bits per heavy atom. The first-order chi connectivity index (χ1) is 6.97. The van der Waals surface area contributed by atoms with E-state index >= 15 is 0 Å². The molecule has 1 rings (SSSR count). The molecule has 1 saturated heterocycles. The van der Waals surface area contributed by atoms with Crippen LogP contribution in [0.25, 0.3) is 0 Å². The number of hydrogen-bond donors (Lipinski definition) is 2. The van der Waals surface area contributed by atoms with Crippen LogP contribution in [0.15, 0.2) is 0 Å². The van der Waals surface area contributed by atoms with E-state index in [1.807, 2.05) is 20.8 Å². The van der Waals surface area contributed by atoms with Crippen molar-refractivity contribution in [3.8, 4) is 0 Å². The van der Waals surface area contributed by atoms with Gasteiger partial charge in [-0.1, -0.05) is 0 Å². The molecule has 2 N–H and O–H groups in total. The number of ether oxygens (including phenoxy) is 1. The zero-order chi connectivity index (χ0) is 11.3. The van der Waals surface area contributed by atoms with Crippen LogP contribution in [0, 0.1) is 5.92 Å². The molecule has 1 fully saturated rings. The topological polar surface area (TPSA) is 50.4 Å². The maximum atomic E-state index is 11.3. The molecule has 0 aromatic rings. The Bertz CT molecular complexity index is 205. The second-order valence-corrected chi connectivity index (χ2v) is 5.08. The van der Waals surface area contributed by atoms with Crippen LogP contribution < -0.4 is 10.6 Å². The number of carbonyl (C=O) groups is 1. The van der Waals surface area contributed by atoms with E-state index in [4.69, 9.17) is 4.74 Å². The minimum atomic E-state index is -0.381. The van der Waals surface area contributed by atoms with E-state index in [0.717, 1.165) is 19.6 Å². The zero-order valence-electron chi connectivity index (χ0n) is 9.93. The van der Waals surface area contributed by atoms with Gasteiger partial charge in [0.2, 0.25) is 0 Å². The van der Waals surface area contributed by atoms with E-state index in [1.54, 1.807) is 0 Å². The largest absolute Gasteiger partial charge is 0.459 e. The summed E-state index contributed by atoms with van der Waals surface area (Å²) in [6.07, 6.45) is 1.20. The first kappa shape index (κ1) is 12.5. The second kappa shape index (κ2) is 5.47. The molecule has 4 heteroatoms. The third kappa shape index (κ3) is 5.74. The Labute approximate surface area is 91.8 Å². The number of hydrogen-bond acceptors (Lipinski definition) is 4. The van der Waals surface area contributed by atoms with Crippen LogP contribution in [0.2, 0.25) is 0 Å². The van der Waals surface area contributed by atoms with Crippen LogP contribution >= 0.6 is 0 Å². The summed E-state index contributed by atoms with van der Waals surface area (Å²) in [5, 5.41) is 6.43. The Balaban J connectivity index is 2.06. The molecule has 1 heterocycles. The van der Waals surface area contributed by atoms with Crippen LogP contribution in [0.5, 0.6) is 0 Å². The lowest BCUT2D eigenvalue weighted by Gasteiger charge is -2.19. The average molecular weight is 214 g/mol. The zero-order valence-corrected chi connectivity index (χ0v) is 9.93. The van der Waals surface area contributed by atoms with Crippen molar-refractivity contribution >= 4 is 5.97 Å². The summed E-state index contributed by atoms with van der Waals surface area (Å²) < 4.78 is 5.19. The summed E-state index contributed by atoms with van der Waals surface area (Å²) in [4.78, 5) is 11.3. The predicted octanol–water partition coefficient (Wildman–Crippen LogP) is 0.527. The molecular formula is C11H22N2O2. The van der Waals surface area contributed by atoms with E-state index in [2.05, 4.69) is 10.6 Å². The normalized spacial score (nSPS) is 21.7. The van der Waals surface area contributed by atoms with Crippen LogP contribution in [-0.2, 0) is 9.53 Å². The maximum absolute atomic E-state index is 11.3. The molecule has 1 unspecified atom stereocenters. The molecule has 88 valence electrons. The molecule has 0 amide bonds. The summed E-state index contributed by atoms with van der Waals surface area (Å²) in [6.45, 7) is 9.00. The summed E-state index contributed by atoms with van der Waals surface area (Å²) in [7, 11) is 0. The van der Waals surface area contributed by atoms with Gasteiger partial charge in [-0.15, -0.1) is 0 Å². The molecule has 1 atom stereocenters. The second-order valence-electron chi connectivity index (χ2n) is 5.08. The van der Waals surface area contributed by atoms with Gasteiger partial charge in [-0.25, -0.2) is 0 Å². The van der Waals surface area contributed by atoms with Crippen molar-refractivity contribution in [2.45, 2.75) is 32.8 Å². The fourth-order valence-electron chi connectivity index (χ4n) is 1.64. The average Bonchev–Trinajstić information content (AvgIpc) is 2.53. The van der Waals surface area contributed by atoms with Gasteiger partial charge >= 0.3 is 5.97 Å². The lowest BCUT2D eigenvalue weighted by molar-refractivity contribution is -0.153. The summed E-state index contributed by atoms with van der Waals surface area (Å²) >= 11 is 0. The van der Waals surface area contributed by atoms with Crippen molar-refractivity contribution in [1.82, 2.24) is 10.6 Å². The van der Waals surface area contributed by atoms with Gasteiger partial charge in [0, 0.05) is 0 Å².